The lowest BCUT2D eigenvalue weighted by Gasteiger charge is -2.16. The summed E-state index contributed by atoms with van der Waals surface area (Å²) in [5.74, 6) is 0. The van der Waals surface area contributed by atoms with Crippen LogP contribution in [-0.2, 0) is 13.0 Å². The lowest BCUT2D eigenvalue weighted by molar-refractivity contribution is 0.308. The Morgan fingerprint density at radius 1 is 1.14 bits per heavy atom. The van der Waals surface area contributed by atoms with E-state index in [2.05, 4.69) is 54.4 Å². The number of nitrogens with zero attached hydrogens (tertiary/aromatic N) is 2. The predicted molar refractivity (Wildman–Crippen MR) is 91.8 cm³/mol. The molecule has 0 amide bonds. The maximum atomic E-state index is 4.89. The Morgan fingerprint density at radius 3 is 2.48 bits per heavy atom. The van der Waals surface area contributed by atoms with Gasteiger partial charge in [0.1, 0.15) is 0 Å². The van der Waals surface area contributed by atoms with Crippen molar-refractivity contribution in [1.82, 2.24) is 15.2 Å². The molecule has 114 valence electrons. The van der Waals surface area contributed by atoms with Gasteiger partial charge in [0.15, 0.2) is 0 Å². The van der Waals surface area contributed by atoms with Crippen LogP contribution in [0.2, 0.25) is 0 Å². The number of likely N-dealkylation sites (N-methyl/N-ethyl adjacent to an activating group) is 1. The molecule has 0 atom stereocenters. The van der Waals surface area contributed by atoms with Crippen LogP contribution in [0.15, 0.2) is 30.3 Å². The van der Waals surface area contributed by atoms with Crippen molar-refractivity contribution in [3.05, 3.63) is 40.2 Å². The highest BCUT2D eigenvalue weighted by atomic mass is 32.1. The van der Waals surface area contributed by atoms with Crippen LogP contribution in [0.1, 0.15) is 23.7 Å². The van der Waals surface area contributed by atoms with Crippen LogP contribution < -0.4 is 5.32 Å². The molecule has 1 aromatic carbocycles. The minimum Gasteiger partial charge on any atom is -0.315 e. The summed E-state index contributed by atoms with van der Waals surface area (Å²) in [6.07, 6.45) is 1.04. The van der Waals surface area contributed by atoms with Gasteiger partial charge in [0, 0.05) is 30.0 Å². The van der Waals surface area contributed by atoms with Gasteiger partial charge in [-0.05, 0) is 20.1 Å². The van der Waals surface area contributed by atoms with Gasteiger partial charge in [-0.2, -0.15) is 0 Å². The molecule has 0 spiro atoms. The highest BCUT2D eigenvalue weighted by Gasteiger charge is 2.13. The SMILES string of the molecule is CCN(CC)CCc1nc(-c2ccccc2)c(CNC)s1. The lowest BCUT2D eigenvalue weighted by Crippen LogP contribution is -2.25. The molecule has 0 fully saturated rings. The van der Waals surface area contributed by atoms with Crippen molar-refractivity contribution < 1.29 is 0 Å². The highest BCUT2D eigenvalue weighted by molar-refractivity contribution is 7.12. The summed E-state index contributed by atoms with van der Waals surface area (Å²) in [4.78, 5) is 8.67. The molecule has 1 heterocycles. The van der Waals surface area contributed by atoms with Crippen LogP contribution in [0.25, 0.3) is 11.3 Å². The third kappa shape index (κ3) is 4.37. The Labute approximate surface area is 132 Å². The Bertz CT molecular complexity index is 532. The summed E-state index contributed by atoms with van der Waals surface area (Å²) in [5, 5.41) is 4.50. The quantitative estimate of drug-likeness (QED) is 0.810. The minimum absolute atomic E-state index is 0.882. The second kappa shape index (κ2) is 8.27. The van der Waals surface area contributed by atoms with Crippen molar-refractivity contribution in [1.29, 1.82) is 0 Å². The summed E-state index contributed by atoms with van der Waals surface area (Å²) >= 11 is 1.84. The number of hydrogen-bond donors (Lipinski definition) is 1. The molecule has 0 aliphatic carbocycles. The Kier molecular flexibility index (Phi) is 6.36. The molecule has 0 saturated carbocycles. The maximum absolute atomic E-state index is 4.89. The van der Waals surface area contributed by atoms with Gasteiger partial charge in [0.25, 0.3) is 0 Å². The molecule has 0 saturated heterocycles. The van der Waals surface area contributed by atoms with E-state index in [0.717, 1.165) is 38.3 Å². The monoisotopic (exact) mass is 303 g/mol. The van der Waals surface area contributed by atoms with E-state index < -0.39 is 0 Å². The van der Waals surface area contributed by atoms with Gasteiger partial charge in [0.2, 0.25) is 0 Å². The van der Waals surface area contributed by atoms with Crippen LogP contribution in [0.3, 0.4) is 0 Å². The fourth-order valence-corrected chi connectivity index (χ4v) is 3.49. The van der Waals surface area contributed by atoms with E-state index >= 15 is 0 Å². The van der Waals surface area contributed by atoms with E-state index in [0.29, 0.717) is 0 Å². The minimum atomic E-state index is 0.882. The molecular formula is C17H25N3S. The molecule has 1 aromatic heterocycles. The molecule has 4 heteroatoms. The van der Waals surface area contributed by atoms with Crippen LogP contribution in [0, 0.1) is 0 Å². The molecule has 0 aliphatic rings. The summed E-state index contributed by atoms with van der Waals surface area (Å²) in [7, 11) is 1.99. The van der Waals surface area contributed by atoms with E-state index in [1.807, 2.05) is 18.4 Å². The zero-order valence-corrected chi connectivity index (χ0v) is 14.0. The van der Waals surface area contributed by atoms with Gasteiger partial charge >= 0.3 is 0 Å². The smallest absolute Gasteiger partial charge is 0.0948 e. The second-order valence-electron chi connectivity index (χ2n) is 5.05. The molecule has 2 aromatic rings. The molecule has 1 N–H and O–H groups in total. The molecule has 3 nitrogen and oxygen atoms in total. The van der Waals surface area contributed by atoms with Gasteiger partial charge in [-0.1, -0.05) is 44.2 Å². The highest BCUT2D eigenvalue weighted by Crippen LogP contribution is 2.28. The second-order valence-corrected chi connectivity index (χ2v) is 6.22. The summed E-state index contributed by atoms with van der Waals surface area (Å²) < 4.78 is 0. The largest absolute Gasteiger partial charge is 0.315 e. The van der Waals surface area contributed by atoms with Gasteiger partial charge < -0.3 is 10.2 Å². The molecule has 21 heavy (non-hydrogen) atoms. The Balaban J connectivity index is 2.17. The summed E-state index contributed by atoms with van der Waals surface area (Å²) in [5.41, 5.74) is 2.36. The van der Waals surface area contributed by atoms with E-state index in [4.69, 9.17) is 4.98 Å². The van der Waals surface area contributed by atoms with Crippen LogP contribution in [0.4, 0.5) is 0 Å². The van der Waals surface area contributed by atoms with Crippen molar-refractivity contribution in [3.63, 3.8) is 0 Å². The zero-order valence-electron chi connectivity index (χ0n) is 13.2. The Hall–Kier alpha value is -1.23. The van der Waals surface area contributed by atoms with Gasteiger partial charge in [-0.3, -0.25) is 0 Å². The summed E-state index contributed by atoms with van der Waals surface area (Å²) in [6, 6.07) is 10.5. The number of aromatic nitrogens is 1. The molecule has 0 unspecified atom stereocenters. The van der Waals surface area contributed by atoms with Crippen molar-refractivity contribution in [2.75, 3.05) is 26.7 Å². The lowest BCUT2D eigenvalue weighted by atomic mass is 10.1. The molecular weight excluding hydrogens is 278 g/mol. The first kappa shape index (κ1) is 16.1. The summed E-state index contributed by atoms with van der Waals surface area (Å²) in [6.45, 7) is 8.62. The first-order valence-corrected chi connectivity index (χ1v) is 8.51. The Morgan fingerprint density at radius 2 is 1.86 bits per heavy atom. The first-order chi connectivity index (χ1) is 10.3. The standard InChI is InChI=1S/C17H25N3S/c1-4-20(5-2)12-11-16-19-17(15(21-16)13-18-3)14-9-7-6-8-10-14/h6-10,18H,4-5,11-13H2,1-3H3. The predicted octanol–water partition coefficient (Wildman–Crippen LogP) is 3.41. The van der Waals surface area contributed by atoms with Crippen LogP contribution in [-0.4, -0.2) is 36.6 Å². The molecule has 0 aliphatic heterocycles. The first-order valence-electron chi connectivity index (χ1n) is 7.69. The third-order valence-electron chi connectivity index (χ3n) is 3.66. The van der Waals surface area contributed by atoms with Crippen molar-refractivity contribution in [2.45, 2.75) is 26.8 Å². The van der Waals surface area contributed by atoms with Crippen LogP contribution >= 0.6 is 11.3 Å². The van der Waals surface area contributed by atoms with Gasteiger partial charge in [0.05, 0.1) is 10.7 Å². The van der Waals surface area contributed by atoms with Gasteiger partial charge in [-0.15, -0.1) is 11.3 Å². The number of thiazole rings is 1. The number of rotatable bonds is 8. The van der Waals surface area contributed by atoms with Gasteiger partial charge in [-0.25, -0.2) is 4.98 Å². The molecule has 0 radical (unpaired) electrons. The third-order valence-corrected chi connectivity index (χ3v) is 4.78. The molecule has 2 rings (SSSR count). The number of benzene rings is 1. The zero-order chi connectivity index (χ0) is 15.1. The van der Waals surface area contributed by atoms with E-state index in [-0.39, 0.29) is 0 Å². The van der Waals surface area contributed by atoms with Crippen molar-refractivity contribution in [2.24, 2.45) is 0 Å². The van der Waals surface area contributed by atoms with Crippen molar-refractivity contribution >= 4 is 11.3 Å². The van der Waals surface area contributed by atoms with Crippen molar-refractivity contribution in [3.8, 4) is 11.3 Å². The average molecular weight is 303 g/mol. The molecule has 0 bridgehead atoms. The fourth-order valence-electron chi connectivity index (χ4n) is 2.40. The fraction of sp³-hybridized carbons (Fsp3) is 0.471. The normalized spacial score (nSPS) is 11.2. The number of hydrogen-bond acceptors (Lipinski definition) is 4. The van der Waals surface area contributed by atoms with E-state index in [9.17, 15) is 0 Å². The average Bonchev–Trinajstić information content (AvgIpc) is 2.93. The van der Waals surface area contributed by atoms with E-state index in [1.165, 1.54) is 15.4 Å². The van der Waals surface area contributed by atoms with E-state index in [1.54, 1.807) is 0 Å². The topological polar surface area (TPSA) is 28.2 Å². The number of nitrogens with one attached hydrogen (secondary N) is 1. The maximum Gasteiger partial charge on any atom is 0.0948 e. The van der Waals surface area contributed by atoms with Crippen LogP contribution in [0.5, 0.6) is 0 Å².